The van der Waals surface area contributed by atoms with Gasteiger partial charge in [-0.2, -0.15) is 4.99 Å². The Morgan fingerprint density at radius 2 is 1.77 bits per heavy atom. The van der Waals surface area contributed by atoms with Gasteiger partial charge in [0.1, 0.15) is 0 Å². The number of benzene rings is 2. The van der Waals surface area contributed by atoms with Crippen molar-refractivity contribution in [1.82, 2.24) is 8.87 Å². The summed E-state index contributed by atoms with van der Waals surface area (Å²) in [4.78, 5) is 17.4. The largest absolute Gasteiger partial charge is 0.319 e. The molecule has 0 aliphatic rings. The number of carbonyl (C=O) groups excluding carboxylic acids is 1. The zero-order valence-corrected chi connectivity index (χ0v) is 16.6. The molecule has 0 saturated heterocycles. The number of carbonyl (C=O) groups is 1. The second-order valence-electron chi connectivity index (χ2n) is 6.09. The van der Waals surface area contributed by atoms with Crippen molar-refractivity contribution in [3.8, 4) is 0 Å². The minimum atomic E-state index is -3.52. The second kappa shape index (κ2) is 6.79. The Bertz CT molecular complexity index is 1150. The van der Waals surface area contributed by atoms with E-state index in [0.29, 0.717) is 10.4 Å². The Balaban J connectivity index is 2.00. The minimum absolute atomic E-state index is 0.141. The molecule has 0 radical (unpaired) electrons. The van der Waals surface area contributed by atoms with Crippen LogP contribution in [0.1, 0.15) is 15.9 Å². The van der Waals surface area contributed by atoms with Gasteiger partial charge in [-0.3, -0.25) is 4.79 Å². The molecule has 0 aliphatic carbocycles. The van der Waals surface area contributed by atoms with Gasteiger partial charge < -0.3 is 4.57 Å². The van der Waals surface area contributed by atoms with Gasteiger partial charge in [0.25, 0.3) is 5.91 Å². The van der Waals surface area contributed by atoms with E-state index in [9.17, 15) is 13.2 Å². The Morgan fingerprint density at radius 1 is 1.12 bits per heavy atom. The van der Waals surface area contributed by atoms with Crippen LogP contribution in [-0.2, 0) is 17.1 Å². The first-order valence-corrected chi connectivity index (χ1v) is 10.1. The molecule has 0 N–H and O–H groups in total. The Labute approximate surface area is 156 Å². The summed E-state index contributed by atoms with van der Waals surface area (Å²) in [6.45, 7) is 2.02. The van der Waals surface area contributed by atoms with Gasteiger partial charge in [-0.05, 0) is 42.8 Å². The monoisotopic (exact) mass is 389 g/mol. The lowest BCUT2D eigenvalue weighted by Gasteiger charge is -2.11. The molecular weight excluding hydrogens is 370 g/mol. The maximum absolute atomic E-state index is 12.5. The number of aryl methyl sites for hydroxylation is 2. The molecular formula is C18H19N3O3S2. The first-order valence-electron chi connectivity index (χ1n) is 7.88. The van der Waals surface area contributed by atoms with E-state index in [1.807, 2.05) is 36.7 Å². The van der Waals surface area contributed by atoms with Gasteiger partial charge in [-0.25, -0.2) is 12.7 Å². The summed E-state index contributed by atoms with van der Waals surface area (Å²) in [5, 5.41) is 0. The fourth-order valence-electron chi connectivity index (χ4n) is 2.64. The number of thiazole rings is 1. The van der Waals surface area contributed by atoms with Gasteiger partial charge >= 0.3 is 0 Å². The molecule has 1 heterocycles. The van der Waals surface area contributed by atoms with Crippen LogP contribution in [0.2, 0.25) is 0 Å². The predicted octanol–water partition coefficient (Wildman–Crippen LogP) is 2.54. The van der Waals surface area contributed by atoms with E-state index in [1.165, 1.54) is 49.7 Å². The van der Waals surface area contributed by atoms with Crippen molar-refractivity contribution in [2.45, 2.75) is 11.8 Å². The molecule has 8 heteroatoms. The number of hydrogen-bond acceptors (Lipinski definition) is 4. The SMILES string of the molecule is Cc1cccc2sc(=NC(=O)c3ccc(S(=O)(=O)N(C)C)cc3)n(C)c12. The van der Waals surface area contributed by atoms with Crippen molar-refractivity contribution in [1.29, 1.82) is 0 Å². The van der Waals surface area contributed by atoms with Crippen LogP contribution in [0.25, 0.3) is 10.2 Å². The van der Waals surface area contributed by atoms with Crippen molar-refractivity contribution in [2.24, 2.45) is 12.0 Å². The first-order chi connectivity index (χ1) is 12.2. The third-order valence-electron chi connectivity index (χ3n) is 4.10. The number of para-hydroxylation sites is 1. The van der Waals surface area contributed by atoms with Crippen LogP contribution in [-0.4, -0.2) is 37.3 Å². The molecule has 3 aromatic rings. The molecule has 0 fully saturated rings. The Hall–Kier alpha value is -2.29. The maximum atomic E-state index is 12.5. The highest BCUT2D eigenvalue weighted by atomic mass is 32.2. The van der Waals surface area contributed by atoms with Gasteiger partial charge in [0.15, 0.2) is 4.80 Å². The molecule has 0 bridgehead atoms. The predicted molar refractivity (Wildman–Crippen MR) is 103 cm³/mol. The van der Waals surface area contributed by atoms with Crippen LogP contribution in [0.5, 0.6) is 0 Å². The first kappa shape index (κ1) is 18.5. The molecule has 26 heavy (non-hydrogen) atoms. The quantitative estimate of drug-likeness (QED) is 0.691. The molecule has 136 valence electrons. The van der Waals surface area contributed by atoms with Crippen molar-refractivity contribution in [3.63, 3.8) is 0 Å². The summed E-state index contributed by atoms with van der Waals surface area (Å²) >= 11 is 1.45. The lowest BCUT2D eigenvalue weighted by atomic mass is 10.2. The van der Waals surface area contributed by atoms with Crippen LogP contribution in [0, 0.1) is 6.92 Å². The topological polar surface area (TPSA) is 71.7 Å². The van der Waals surface area contributed by atoms with Crippen LogP contribution < -0.4 is 4.80 Å². The minimum Gasteiger partial charge on any atom is -0.319 e. The standard InChI is InChI=1S/C18H19N3O3S2/c1-12-6-5-7-15-16(12)21(4)18(25-15)19-17(22)13-8-10-14(11-9-13)26(23,24)20(2)3/h5-11H,1-4H3. The second-order valence-corrected chi connectivity index (χ2v) is 9.26. The highest BCUT2D eigenvalue weighted by Crippen LogP contribution is 2.20. The van der Waals surface area contributed by atoms with E-state index >= 15 is 0 Å². The van der Waals surface area contributed by atoms with Crippen molar-refractivity contribution in [2.75, 3.05) is 14.1 Å². The van der Waals surface area contributed by atoms with E-state index in [-0.39, 0.29) is 4.90 Å². The molecule has 1 aromatic heterocycles. The smallest absolute Gasteiger partial charge is 0.279 e. The Kier molecular flexibility index (Phi) is 4.83. The number of hydrogen-bond donors (Lipinski definition) is 0. The van der Waals surface area contributed by atoms with E-state index in [4.69, 9.17) is 0 Å². The van der Waals surface area contributed by atoms with Gasteiger partial charge in [0.05, 0.1) is 15.1 Å². The van der Waals surface area contributed by atoms with Crippen molar-refractivity contribution < 1.29 is 13.2 Å². The lowest BCUT2D eigenvalue weighted by molar-refractivity contribution is 0.0998. The highest BCUT2D eigenvalue weighted by Gasteiger charge is 2.17. The van der Waals surface area contributed by atoms with Crippen molar-refractivity contribution in [3.05, 3.63) is 58.4 Å². The summed E-state index contributed by atoms with van der Waals surface area (Å²) in [7, 11) is 1.29. The van der Waals surface area contributed by atoms with Crippen LogP contribution in [0.3, 0.4) is 0 Å². The molecule has 0 saturated carbocycles. The van der Waals surface area contributed by atoms with Gasteiger partial charge in [0.2, 0.25) is 10.0 Å². The maximum Gasteiger partial charge on any atom is 0.279 e. The molecule has 0 atom stereocenters. The van der Waals surface area contributed by atoms with E-state index < -0.39 is 15.9 Å². The zero-order valence-electron chi connectivity index (χ0n) is 14.9. The molecule has 2 aromatic carbocycles. The summed E-state index contributed by atoms with van der Waals surface area (Å²) in [6.07, 6.45) is 0. The highest BCUT2D eigenvalue weighted by molar-refractivity contribution is 7.89. The number of rotatable bonds is 3. The van der Waals surface area contributed by atoms with Crippen molar-refractivity contribution >= 4 is 37.5 Å². The van der Waals surface area contributed by atoms with Crippen LogP contribution in [0.4, 0.5) is 0 Å². The number of sulfonamides is 1. The van der Waals surface area contributed by atoms with Gasteiger partial charge in [0, 0.05) is 26.7 Å². The molecule has 3 rings (SSSR count). The average Bonchev–Trinajstić information content (AvgIpc) is 2.92. The lowest BCUT2D eigenvalue weighted by Crippen LogP contribution is -2.22. The van der Waals surface area contributed by atoms with Gasteiger partial charge in [-0.1, -0.05) is 23.5 Å². The average molecular weight is 390 g/mol. The number of nitrogens with zero attached hydrogens (tertiary/aromatic N) is 3. The normalized spacial score (nSPS) is 12.9. The summed E-state index contributed by atoms with van der Waals surface area (Å²) in [6, 6.07) is 11.8. The zero-order chi connectivity index (χ0) is 19.1. The fraction of sp³-hybridized carbons (Fsp3) is 0.222. The molecule has 0 unspecified atom stereocenters. The van der Waals surface area contributed by atoms with Crippen LogP contribution >= 0.6 is 11.3 Å². The van der Waals surface area contributed by atoms with Crippen LogP contribution in [0.15, 0.2) is 52.4 Å². The number of amides is 1. The number of fused-ring (bicyclic) bond motifs is 1. The molecule has 1 amide bonds. The summed E-state index contributed by atoms with van der Waals surface area (Å²) in [5.74, 6) is -0.404. The molecule has 6 nitrogen and oxygen atoms in total. The van der Waals surface area contributed by atoms with Gasteiger partial charge in [-0.15, -0.1) is 0 Å². The summed E-state index contributed by atoms with van der Waals surface area (Å²) < 4.78 is 28.3. The third kappa shape index (κ3) is 3.23. The van der Waals surface area contributed by atoms with E-state index in [1.54, 1.807) is 0 Å². The fourth-order valence-corrected chi connectivity index (χ4v) is 4.63. The molecule has 0 aliphatic heterocycles. The summed E-state index contributed by atoms with van der Waals surface area (Å²) in [5.41, 5.74) is 2.52. The Morgan fingerprint density at radius 3 is 2.35 bits per heavy atom. The van der Waals surface area contributed by atoms with E-state index in [0.717, 1.165) is 20.1 Å². The van der Waals surface area contributed by atoms with E-state index in [2.05, 4.69) is 4.99 Å². The molecule has 0 spiro atoms. The number of aromatic nitrogens is 1. The third-order valence-corrected chi connectivity index (χ3v) is 7.03.